The van der Waals surface area contributed by atoms with Gasteiger partial charge >= 0.3 is 0 Å². The fourth-order valence-corrected chi connectivity index (χ4v) is 3.86. The molecule has 0 saturated carbocycles. The van der Waals surface area contributed by atoms with Crippen LogP contribution in [-0.2, 0) is 6.42 Å². The van der Waals surface area contributed by atoms with Crippen LogP contribution in [0.15, 0.2) is 36.4 Å². The van der Waals surface area contributed by atoms with Gasteiger partial charge in [-0.2, -0.15) is 0 Å². The Morgan fingerprint density at radius 3 is 2.29 bits per heavy atom. The third-order valence-corrected chi connectivity index (χ3v) is 4.90. The van der Waals surface area contributed by atoms with Crippen molar-refractivity contribution in [3.8, 4) is 17.2 Å². The van der Waals surface area contributed by atoms with Crippen molar-refractivity contribution >= 4 is 20.7 Å². The predicted molar refractivity (Wildman–Crippen MR) is 102 cm³/mol. The van der Waals surface area contributed by atoms with Gasteiger partial charge in [-0.3, -0.25) is 0 Å². The zero-order chi connectivity index (χ0) is 17.1. The van der Waals surface area contributed by atoms with E-state index in [0.717, 1.165) is 35.7 Å². The van der Waals surface area contributed by atoms with Gasteiger partial charge in [0.05, 0.1) is 14.2 Å². The molecule has 2 aromatic rings. The minimum Gasteiger partial charge on any atom is -0.547 e. The van der Waals surface area contributed by atoms with Crippen molar-refractivity contribution in [2.45, 2.75) is 25.9 Å². The van der Waals surface area contributed by atoms with Gasteiger partial charge in [0.25, 0.3) is 0 Å². The summed E-state index contributed by atoms with van der Waals surface area (Å²) in [6.45, 7) is 4.40. The SMILES string of the molecule is COc1cc(C=C2CCc3cccc(O[SiH](C)C)c32)cc(OC)c1. The molecule has 0 atom stereocenters. The number of rotatable bonds is 5. The summed E-state index contributed by atoms with van der Waals surface area (Å²) in [4.78, 5) is 0. The number of benzene rings is 2. The molecule has 0 heterocycles. The lowest BCUT2D eigenvalue weighted by Crippen LogP contribution is -2.12. The van der Waals surface area contributed by atoms with Gasteiger partial charge in [0.15, 0.2) is 0 Å². The molecule has 126 valence electrons. The Kier molecular flexibility index (Phi) is 4.95. The molecule has 3 rings (SSSR count). The second-order valence-electron chi connectivity index (χ2n) is 6.27. The summed E-state index contributed by atoms with van der Waals surface area (Å²) in [5.74, 6) is 2.64. The molecule has 0 fully saturated rings. The quantitative estimate of drug-likeness (QED) is 0.747. The van der Waals surface area contributed by atoms with E-state index in [1.165, 1.54) is 16.7 Å². The first-order chi connectivity index (χ1) is 11.6. The van der Waals surface area contributed by atoms with Crippen LogP contribution in [-0.4, -0.2) is 23.3 Å². The molecule has 1 aliphatic carbocycles. The normalized spacial score (nSPS) is 14.8. The Bertz CT molecular complexity index is 743. The van der Waals surface area contributed by atoms with Gasteiger partial charge in [0, 0.05) is 11.6 Å². The molecule has 0 spiro atoms. The molecule has 0 unspecified atom stereocenters. The number of aryl methyl sites for hydroxylation is 1. The summed E-state index contributed by atoms with van der Waals surface area (Å²) < 4.78 is 16.9. The highest BCUT2D eigenvalue weighted by atomic mass is 28.3. The van der Waals surface area contributed by atoms with Crippen molar-refractivity contribution in [1.82, 2.24) is 0 Å². The highest BCUT2D eigenvalue weighted by molar-refractivity contribution is 6.49. The Labute approximate surface area is 145 Å². The number of fused-ring (bicyclic) bond motifs is 1. The van der Waals surface area contributed by atoms with Crippen LogP contribution in [0.25, 0.3) is 11.6 Å². The van der Waals surface area contributed by atoms with E-state index in [9.17, 15) is 0 Å². The van der Waals surface area contributed by atoms with E-state index in [1.54, 1.807) is 14.2 Å². The van der Waals surface area contributed by atoms with E-state index in [-0.39, 0.29) is 0 Å². The summed E-state index contributed by atoms with van der Waals surface area (Å²) in [7, 11) is 2.21. The topological polar surface area (TPSA) is 27.7 Å². The molecular weight excluding hydrogens is 316 g/mol. The predicted octanol–water partition coefficient (Wildman–Crippen LogP) is 4.55. The first-order valence-corrected chi connectivity index (χ1v) is 11.1. The molecule has 0 aliphatic heterocycles. The summed E-state index contributed by atoms with van der Waals surface area (Å²) in [6, 6.07) is 12.4. The molecule has 0 aromatic heterocycles. The van der Waals surface area contributed by atoms with Crippen LogP contribution in [0.4, 0.5) is 0 Å². The van der Waals surface area contributed by atoms with Crippen molar-refractivity contribution in [1.29, 1.82) is 0 Å². The summed E-state index contributed by atoms with van der Waals surface area (Å²) >= 11 is 0. The lowest BCUT2D eigenvalue weighted by molar-refractivity contribution is 0.394. The van der Waals surface area contributed by atoms with Crippen molar-refractivity contribution in [3.05, 3.63) is 53.1 Å². The van der Waals surface area contributed by atoms with Crippen molar-refractivity contribution < 1.29 is 13.9 Å². The maximum Gasteiger partial charge on any atom is 0.229 e. The van der Waals surface area contributed by atoms with E-state index in [1.807, 2.05) is 18.2 Å². The molecule has 24 heavy (non-hydrogen) atoms. The van der Waals surface area contributed by atoms with Crippen LogP contribution >= 0.6 is 0 Å². The number of hydrogen-bond donors (Lipinski definition) is 0. The molecule has 0 bridgehead atoms. The molecule has 0 amide bonds. The maximum absolute atomic E-state index is 6.16. The van der Waals surface area contributed by atoms with E-state index in [4.69, 9.17) is 13.9 Å². The van der Waals surface area contributed by atoms with Gasteiger partial charge in [-0.25, -0.2) is 0 Å². The van der Waals surface area contributed by atoms with Crippen LogP contribution in [0, 0.1) is 0 Å². The van der Waals surface area contributed by atoms with Gasteiger partial charge in [0.2, 0.25) is 9.04 Å². The highest BCUT2D eigenvalue weighted by Crippen LogP contribution is 2.40. The molecule has 4 heteroatoms. The van der Waals surface area contributed by atoms with Gasteiger partial charge in [0.1, 0.15) is 17.2 Å². The summed E-state index contributed by atoms with van der Waals surface area (Å²) in [6.07, 6.45) is 4.33. The zero-order valence-corrected chi connectivity index (χ0v) is 15.9. The molecule has 1 aliphatic rings. The minimum absolute atomic E-state index is 0.804. The average molecular weight is 340 g/mol. The fourth-order valence-electron chi connectivity index (χ4n) is 3.15. The largest absolute Gasteiger partial charge is 0.547 e. The second-order valence-corrected chi connectivity index (χ2v) is 8.61. The first kappa shape index (κ1) is 16.6. The van der Waals surface area contributed by atoms with Crippen molar-refractivity contribution in [2.24, 2.45) is 0 Å². The standard InChI is InChI=1S/C20H24O3Si/c1-21-17-11-14(12-18(13-17)22-2)10-16-9-8-15-6-5-7-19(20(15)16)23-24(3)4/h5-7,10-13,24H,8-9H2,1-4H3. The van der Waals surface area contributed by atoms with Gasteiger partial charge in [-0.1, -0.05) is 18.2 Å². The number of allylic oxidation sites excluding steroid dienone is 1. The third-order valence-electron chi connectivity index (χ3n) is 4.17. The van der Waals surface area contributed by atoms with E-state index in [0.29, 0.717) is 0 Å². The molecule has 3 nitrogen and oxygen atoms in total. The van der Waals surface area contributed by atoms with Crippen LogP contribution < -0.4 is 13.9 Å². The molecule has 2 aromatic carbocycles. The Morgan fingerprint density at radius 1 is 0.958 bits per heavy atom. The Hall–Kier alpha value is -2.20. The highest BCUT2D eigenvalue weighted by Gasteiger charge is 2.21. The Morgan fingerprint density at radius 2 is 1.67 bits per heavy atom. The van der Waals surface area contributed by atoms with E-state index in [2.05, 4.69) is 37.4 Å². The first-order valence-electron chi connectivity index (χ1n) is 8.33. The third kappa shape index (κ3) is 3.49. The lowest BCUT2D eigenvalue weighted by atomic mass is 10.0. The second kappa shape index (κ2) is 7.14. The van der Waals surface area contributed by atoms with Crippen LogP contribution in [0.3, 0.4) is 0 Å². The molecule has 0 N–H and O–H groups in total. The van der Waals surface area contributed by atoms with E-state index >= 15 is 0 Å². The molecule has 0 radical (unpaired) electrons. The smallest absolute Gasteiger partial charge is 0.229 e. The van der Waals surface area contributed by atoms with Gasteiger partial charge in [-0.05, 0) is 60.8 Å². The monoisotopic (exact) mass is 340 g/mol. The minimum atomic E-state index is -1.14. The summed E-state index contributed by atoms with van der Waals surface area (Å²) in [5, 5.41) is 0. The van der Waals surface area contributed by atoms with Crippen molar-refractivity contribution in [3.63, 3.8) is 0 Å². The lowest BCUT2D eigenvalue weighted by Gasteiger charge is -2.15. The molecular formula is C20H24O3Si. The zero-order valence-electron chi connectivity index (χ0n) is 14.8. The fraction of sp³-hybridized carbons (Fsp3) is 0.300. The van der Waals surface area contributed by atoms with E-state index < -0.39 is 9.04 Å². The van der Waals surface area contributed by atoms with Crippen molar-refractivity contribution in [2.75, 3.05) is 14.2 Å². The van der Waals surface area contributed by atoms with Crippen LogP contribution in [0.1, 0.15) is 23.1 Å². The van der Waals surface area contributed by atoms with Gasteiger partial charge in [-0.15, -0.1) is 0 Å². The number of ether oxygens (including phenoxy) is 2. The Balaban J connectivity index is 2.03. The average Bonchev–Trinajstić information content (AvgIpc) is 2.98. The van der Waals surface area contributed by atoms with Crippen LogP contribution in [0.2, 0.25) is 13.1 Å². The number of hydrogen-bond acceptors (Lipinski definition) is 3. The molecule has 0 saturated heterocycles. The number of methoxy groups -OCH3 is 2. The van der Waals surface area contributed by atoms with Gasteiger partial charge < -0.3 is 13.9 Å². The van der Waals surface area contributed by atoms with Crippen LogP contribution in [0.5, 0.6) is 17.2 Å². The summed E-state index contributed by atoms with van der Waals surface area (Å²) in [5.41, 5.74) is 5.07. The maximum atomic E-state index is 6.16.